The van der Waals surface area contributed by atoms with Crippen LogP contribution in [0.3, 0.4) is 0 Å². The van der Waals surface area contributed by atoms with Gasteiger partial charge in [0, 0.05) is 64.8 Å². The van der Waals surface area contributed by atoms with E-state index in [-0.39, 0.29) is 5.97 Å². The molecule has 0 radical (unpaired) electrons. The molecule has 1 unspecified atom stereocenters. The maximum absolute atomic E-state index is 12.9. The summed E-state index contributed by atoms with van der Waals surface area (Å²) in [4.78, 5) is 17.1. The molecule has 1 aromatic heterocycles. The number of fused-ring (bicyclic) bond motifs is 1. The molecular formula is C23H25N3O2. The summed E-state index contributed by atoms with van der Waals surface area (Å²) in [7, 11) is 10.1. The van der Waals surface area contributed by atoms with E-state index < -0.39 is 5.92 Å². The third-order valence-corrected chi connectivity index (χ3v) is 5.20. The van der Waals surface area contributed by atoms with Crippen LogP contribution in [0.25, 0.3) is 11.1 Å². The van der Waals surface area contributed by atoms with Crippen LogP contribution in [-0.4, -0.2) is 38.7 Å². The number of esters is 1. The first kappa shape index (κ1) is 18.2. The molecule has 0 amide bonds. The summed E-state index contributed by atoms with van der Waals surface area (Å²) in [6, 6.07) is 14.2. The van der Waals surface area contributed by atoms with Gasteiger partial charge in [0.05, 0.1) is 11.4 Å². The van der Waals surface area contributed by atoms with E-state index in [1.54, 1.807) is 0 Å². The Labute approximate surface area is 165 Å². The quantitative estimate of drug-likeness (QED) is 0.512. The smallest absolute Gasteiger partial charge is 0.323 e. The molecule has 0 saturated carbocycles. The molecule has 1 aliphatic rings. The highest BCUT2D eigenvalue weighted by atomic mass is 16.5. The summed E-state index contributed by atoms with van der Waals surface area (Å²) < 4.78 is 7.74. The molecule has 2 aromatic carbocycles. The van der Waals surface area contributed by atoms with E-state index in [4.69, 9.17) is 4.74 Å². The van der Waals surface area contributed by atoms with Gasteiger partial charge in [0.25, 0.3) is 0 Å². The first-order chi connectivity index (χ1) is 13.4. The zero-order valence-electron chi connectivity index (χ0n) is 16.9. The Bertz CT molecular complexity index is 1040. The zero-order chi connectivity index (χ0) is 20.0. The third-order valence-electron chi connectivity index (χ3n) is 5.20. The highest BCUT2D eigenvalue weighted by molar-refractivity contribution is 6.00. The number of aromatic nitrogens is 1. The lowest BCUT2D eigenvalue weighted by Crippen LogP contribution is -2.18. The summed E-state index contributed by atoms with van der Waals surface area (Å²) in [5.41, 5.74) is 6.11. The summed E-state index contributed by atoms with van der Waals surface area (Å²) in [5, 5.41) is 0. The van der Waals surface area contributed by atoms with E-state index >= 15 is 0 Å². The Hall–Kier alpha value is -3.21. The number of carbonyl (C=O) groups excluding carboxylic acids is 1. The molecule has 28 heavy (non-hydrogen) atoms. The largest absolute Gasteiger partial charge is 0.425 e. The van der Waals surface area contributed by atoms with Crippen molar-refractivity contribution in [3.05, 3.63) is 66.0 Å². The minimum absolute atomic E-state index is 0.223. The lowest BCUT2D eigenvalue weighted by molar-refractivity contribution is -0.133. The fourth-order valence-corrected chi connectivity index (χ4v) is 3.99. The molecule has 0 N–H and O–H groups in total. The van der Waals surface area contributed by atoms with Crippen molar-refractivity contribution in [3.8, 4) is 16.9 Å². The fourth-order valence-electron chi connectivity index (χ4n) is 3.99. The van der Waals surface area contributed by atoms with Gasteiger partial charge in [0.1, 0.15) is 11.7 Å². The molecule has 1 atom stereocenters. The number of aryl methyl sites for hydroxylation is 1. The maximum Gasteiger partial charge on any atom is 0.323 e. The number of carbonyl (C=O) groups is 1. The van der Waals surface area contributed by atoms with Crippen molar-refractivity contribution in [1.29, 1.82) is 0 Å². The predicted octanol–water partition coefficient (Wildman–Crippen LogP) is 3.88. The van der Waals surface area contributed by atoms with Crippen molar-refractivity contribution < 1.29 is 9.53 Å². The molecule has 1 aliphatic heterocycles. The van der Waals surface area contributed by atoms with E-state index in [0.29, 0.717) is 5.75 Å². The lowest BCUT2D eigenvalue weighted by atomic mass is 9.86. The SMILES string of the molecule is CN(C)c1cc2c(c(-c3ccccc3)c1N(C)C)C(c1ccn(C)c1)C(=O)O2. The Morgan fingerprint density at radius 1 is 1.00 bits per heavy atom. The summed E-state index contributed by atoms with van der Waals surface area (Å²) >= 11 is 0. The molecule has 4 rings (SSSR count). The second kappa shape index (κ2) is 6.75. The third kappa shape index (κ3) is 2.83. The van der Waals surface area contributed by atoms with Crippen LogP contribution in [0.5, 0.6) is 5.75 Å². The number of nitrogens with zero attached hydrogens (tertiary/aromatic N) is 3. The number of hydrogen-bond acceptors (Lipinski definition) is 4. The van der Waals surface area contributed by atoms with Crippen molar-refractivity contribution in [2.24, 2.45) is 7.05 Å². The van der Waals surface area contributed by atoms with Crippen LogP contribution < -0.4 is 14.5 Å². The Balaban J connectivity index is 2.08. The van der Waals surface area contributed by atoms with Gasteiger partial charge in [-0.15, -0.1) is 0 Å². The average Bonchev–Trinajstić information content (AvgIpc) is 3.22. The highest BCUT2D eigenvalue weighted by Gasteiger charge is 2.40. The molecule has 0 bridgehead atoms. The van der Waals surface area contributed by atoms with Crippen molar-refractivity contribution >= 4 is 17.3 Å². The van der Waals surface area contributed by atoms with Crippen LogP contribution >= 0.6 is 0 Å². The molecular weight excluding hydrogens is 350 g/mol. The monoisotopic (exact) mass is 375 g/mol. The van der Waals surface area contributed by atoms with Crippen molar-refractivity contribution in [3.63, 3.8) is 0 Å². The first-order valence-corrected chi connectivity index (χ1v) is 9.33. The zero-order valence-corrected chi connectivity index (χ0v) is 16.9. The maximum atomic E-state index is 12.9. The summed E-state index contributed by atoms with van der Waals surface area (Å²) in [5.74, 6) is -0.00711. The number of benzene rings is 2. The van der Waals surface area contributed by atoms with Gasteiger partial charge in [0.2, 0.25) is 0 Å². The molecule has 0 aliphatic carbocycles. The number of ether oxygens (including phenoxy) is 1. The number of anilines is 2. The molecule has 0 saturated heterocycles. The van der Waals surface area contributed by atoms with Gasteiger partial charge in [0.15, 0.2) is 0 Å². The molecule has 5 nitrogen and oxygen atoms in total. The molecule has 5 heteroatoms. The van der Waals surface area contributed by atoms with Crippen LogP contribution in [0.2, 0.25) is 0 Å². The Morgan fingerprint density at radius 3 is 2.29 bits per heavy atom. The van der Waals surface area contributed by atoms with Gasteiger partial charge < -0.3 is 19.1 Å². The highest BCUT2D eigenvalue weighted by Crippen LogP contribution is 2.52. The van der Waals surface area contributed by atoms with Gasteiger partial charge >= 0.3 is 5.97 Å². The molecule has 0 fully saturated rings. The van der Waals surface area contributed by atoms with Crippen molar-refractivity contribution in [2.75, 3.05) is 38.0 Å². The standard InChI is InChI=1S/C23H25N3O2/c1-24(2)17-13-18-21(20(23(27)28-18)16-11-12-26(5)14-16)19(22(17)25(3)4)15-9-7-6-8-10-15/h6-14,20H,1-5H3. The van der Waals surface area contributed by atoms with Crippen LogP contribution in [-0.2, 0) is 11.8 Å². The summed E-state index contributed by atoms with van der Waals surface area (Å²) in [6.45, 7) is 0. The normalized spacial score (nSPS) is 15.3. The molecule has 144 valence electrons. The van der Waals surface area contributed by atoms with Crippen molar-refractivity contribution in [1.82, 2.24) is 4.57 Å². The van der Waals surface area contributed by atoms with Crippen molar-refractivity contribution in [2.45, 2.75) is 5.92 Å². The summed E-state index contributed by atoms with van der Waals surface area (Å²) in [6.07, 6.45) is 3.95. The van der Waals surface area contributed by atoms with E-state index in [2.05, 4.69) is 21.9 Å². The van der Waals surface area contributed by atoms with E-state index in [1.807, 2.05) is 82.5 Å². The van der Waals surface area contributed by atoms with Gasteiger partial charge in [-0.3, -0.25) is 4.79 Å². The van der Waals surface area contributed by atoms with E-state index in [9.17, 15) is 4.79 Å². The Morgan fingerprint density at radius 2 is 1.71 bits per heavy atom. The predicted molar refractivity (Wildman–Crippen MR) is 113 cm³/mol. The topological polar surface area (TPSA) is 37.7 Å². The van der Waals surface area contributed by atoms with Gasteiger partial charge in [-0.25, -0.2) is 0 Å². The van der Waals surface area contributed by atoms with E-state index in [1.165, 1.54) is 0 Å². The lowest BCUT2D eigenvalue weighted by Gasteiger charge is -2.28. The average molecular weight is 375 g/mol. The number of hydrogen-bond donors (Lipinski definition) is 0. The number of rotatable bonds is 4. The van der Waals surface area contributed by atoms with E-state index in [0.717, 1.165) is 33.6 Å². The van der Waals surface area contributed by atoms with Gasteiger partial charge in [-0.2, -0.15) is 0 Å². The minimum atomic E-state index is -0.429. The van der Waals surface area contributed by atoms with Gasteiger partial charge in [-0.1, -0.05) is 30.3 Å². The molecule has 0 spiro atoms. The van der Waals surface area contributed by atoms with Gasteiger partial charge in [-0.05, 0) is 17.2 Å². The molecule has 3 aromatic rings. The fraction of sp³-hybridized carbons (Fsp3) is 0.261. The van der Waals surface area contributed by atoms with Crippen LogP contribution in [0.15, 0.2) is 54.9 Å². The Kier molecular flexibility index (Phi) is 4.38. The minimum Gasteiger partial charge on any atom is -0.425 e. The molecule has 2 heterocycles. The van der Waals surface area contributed by atoms with Crippen LogP contribution in [0.4, 0.5) is 11.4 Å². The second-order valence-corrected chi connectivity index (χ2v) is 7.65. The van der Waals surface area contributed by atoms with Crippen LogP contribution in [0, 0.1) is 0 Å². The van der Waals surface area contributed by atoms with Crippen LogP contribution in [0.1, 0.15) is 17.0 Å². The first-order valence-electron chi connectivity index (χ1n) is 9.33. The second-order valence-electron chi connectivity index (χ2n) is 7.65.